The molecule has 1 rings (SSSR count). The first-order valence-electron chi connectivity index (χ1n) is 4.48. The molecule has 1 aromatic carbocycles. The summed E-state index contributed by atoms with van der Waals surface area (Å²) in [5.41, 5.74) is 0.663. The van der Waals surface area contributed by atoms with Gasteiger partial charge in [0.1, 0.15) is 5.75 Å². The van der Waals surface area contributed by atoms with Gasteiger partial charge in [-0.05, 0) is 25.5 Å². The molecule has 0 atom stereocenters. The minimum Gasteiger partial charge on any atom is -1.00 e. The van der Waals surface area contributed by atoms with Crippen molar-refractivity contribution in [1.29, 1.82) is 0 Å². The van der Waals surface area contributed by atoms with Crippen LogP contribution in [-0.2, 0) is 0 Å². The smallest absolute Gasteiger partial charge is 1.00 e. The van der Waals surface area contributed by atoms with Crippen LogP contribution in [0.5, 0.6) is 5.75 Å². The molecule has 0 fully saturated rings. The third kappa shape index (κ3) is 3.57. The molecule has 0 saturated carbocycles. The number of carbonyl (C=O) groups excluding carboxylic acids is 1. The van der Waals surface area contributed by atoms with E-state index in [0.717, 1.165) is 6.42 Å². The third-order valence-electron chi connectivity index (χ3n) is 1.73. The standard InChI is InChI=1S/C11H14O2.Li.H/c1-3-8-13-11-7-5-4-6-10(11)9(2)12;;/h4-7H,3,8H2,1-2H3;;/q;+1;-1. The van der Waals surface area contributed by atoms with E-state index in [9.17, 15) is 4.79 Å². The summed E-state index contributed by atoms with van der Waals surface area (Å²) in [6.45, 7) is 4.24. The van der Waals surface area contributed by atoms with E-state index in [1.807, 2.05) is 25.1 Å². The fourth-order valence-electron chi connectivity index (χ4n) is 1.10. The fraction of sp³-hybridized carbons (Fsp3) is 0.364. The summed E-state index contributed by atoms with van der Waals surface area (Å²) in [6.07, 6.45) is 0.951. The van der Waals surface area contributed by atoms with Crippen LogP contribution in [-0.4, -0.2) is 12.4 Å². The van der Waals surface area contributed by atoms with Crippen LogP contribution < -0.4 is 23.6 Å². The van der Waals surface area contributed by atoms with Crippen molar-refractivity contribution >= 4 is 5.78 Å². The summed E-state index contributed by atoms with van der Waals surface area (Å²) in [5, 5.41) is 0. The molecular formula is C11H15LiO2. The van der Waals surface area contributed by atoms with E-state index >= 15 is 0 Å². The molecule has 2 nitrogen and oxygen atoms in total. The zero-order valence-electron chi connectivity index (χ0n) is 10.0. The van der Waals surface area contributed by atoms with Gasteiger partial charge in [0.25, 0.3) is 0 Å². The fourth-order valence-corrected chi connectivity index (χ4v) is 1.10. The number of ketones is 1. The normalized spacial score (nSPS) is 9.00. The van der Waals surface area contributed by atoms with E-state index in [1.54, 1.807) is 13.0 Å². The van der Waals surface area contributed by atoms with Crippen LogP contribution in [0.1, 0.15) is 32.1 Å². The van der Waals surface area contributed by atoms with Crippen LogP contribution in [0.15, 0.2) is 24.3 Å². The van der Waals surface area contributed by atoms with Crippen molar-refractivity contribution in [3.05, 3.63) is 29.8 Å². The van der Waals surface area contributed by atoms with Gasteiger partial charge in [-0.1, -0.05) is 19.1 Å². The second-order valence-electron chi connectivity index (χ2n) is 2.90. The molecular weight excluding hydrogens is 171 g/mol. The number of hydrogen-bond donors (Lipinski definition) is 0. The van der Waals surface area contributed by atoms with Gasteiger partial charge in [-0.25, -0.2) is 0 Å². The molecule has 72 valence electrons. The topological polar surface area (TPSA) is 26.3 Å². The van der Waals surface area contributed by atoms with E-state index in [0.29, 0.717) is 17.9 Å². The molecule has 0 aliphatic heterocycles. The maximum Gasteiger partial charge on any atom is 1.00 e. The van der Waals surface area contributed by atoms with Gasteiger partial charge < -0.3 is 6.16 Å². The van der Waals surface area contributed by atoms with Gasteiger partial charge in [-0.2, -0.15) is 0 Å². The average molecular weight is 186 g/mol. The number of hydrogen-bond acceptors (Lipinski definition) is 2. The first-order valence-corrected chi connectivity index (χ1v) is 4.48. The Kier molecular flexibility index (Phi) is 6.36. The third-order valence-corrected chi connectivity index (χ3v) is 1.73. The Morgan fingerprint density at radius 2 is 2.07 bits per heavy atom. The van der Waals surface area contributed by atoms with Gasteiger partial charge in [0.2, 0.25) is 0 Å². The Labute approximate surface area is 98.3 Å². The van der Waals surface area contributed by atoms with Crippen LogP contribution in [0.2, 0.25) is 0 Å². The molecule has 0 bridgehead atoms. The number of para-hydroxylation sites is 1. The largest absolute Gasteiger partial charge is 1.00 e. The summed E-state index contributed by atoms with van der Waals surface area (Å²) in [7, 11) is 0. The zero-order chi connectivity index (χ0) is 9.68. The van der Waals surface area contributed by atoms with Crippen LogP contribution in [0.3, 0.4) is 0 Å². The summed E-state index contributed by atoms with van der Waals surface area (Å²) in [4.78, 5) is 11.1. The quantitative estimate of drug-likeness (QED) is 0.480. The van der Waals surface area contributed by atoms with Gasteiger partial charge in [-0.15, -0.1) is 0 Å². The summed E-state index contributed by atoms with van der Waals surface area (Å²) < 4.78 is 5.43. The first-order chi connectivity index (χ1) is 6.25. The SMILES string of the molecule is CCCOc1ccccc1C(C)=O.[H-].[Li+]. The Balaban J connectivity index is 0. The van der Waals surface area contributed by atoms with Gasteiger partial charge >= 0.3 is 18.9 Å². The molecule has 0 spiro atoms. The van der Waals surface area contributed by atoms with E-state index in [4.69, 9.17) is 4.74 Å². The molecule has 0 aliphatic carbocycles. The monoisotopic (exact) mass is 186 g/mol. The average Bonchev–Trinajstić information content (AvgIpc) is 2.15. The number of carbonyl (C=O) groups is 1. The minimum absolute atomic E-state index is 0. The van der Waals surface area contributed by atoms with Crippen LogP contribution in [0, 0.1) is 0 Å². The van der Waals surface area contributed by atoms with E-state index in [1.165, 1.54) is 0 Å². The second kappa shape index (κ2) is 6.70. The number of benzene rings is 1. The minimum atomic E-state index is 0. The number of Topliss-reactive ketones (excluding diaryl/α,β-unsaturated/α-hetero) is 1. The maximum absolute atomic E-state index is 11.1. The second-order valence-corrected chi connectivity index (χ2v) is 2.90. The predicted molar refractivity (Wildman–Crippen MR) is 53.3 cm³/mol. The molecule has 0 N–H and O–H groups in total. The Morgan fingerprint density at radius 3 is 2.64 bits per heavy atom. The van der Waals surface area contributed by atoms with Crippen molar-refractivity contribution in [3.63, 3.8) is 0 Å². The van der Waals surface area contributed by atoms with Crippen molar-refractivity contribution in [2.75, 3.05) is 6.61 Å². The molecule has 0 heterocycles. The molecule has 0 saturated heterocycles. The molecule has 14 heavy (non-hydrogen) atoms. The van der Waals surface area contributed by atoms with Crippen molar-refractivity contribution in [2.24, 2.45) is 0 Å². The van der Waals surface area contributed by atoms with Gasteiger partial charge in [0, 0.05) is 0 Å². The number of rotatable bonds is 4. The van der Waals surface area contributed by atoms with Gasteiger partial charge in [-0.3, -0.25) is 4.79 Å². The summed E-state index contributed by atoms with van der Waals surface area (Å²) >= 11 is 0. The van der Waals surface area contributed by atoms with Crippen molar-refractivity contribution in [3.8, 4) is 5.75 Å². The van der Waals surface area contributed by atoms with Crippen LogP contribution in [0.4, 0.5) is 0 Å². The van der Waals surface area contributed by atoms with Crippen LogP contribution >= 0.6 is 0 Å². The summed E-state index contributed by atoms with van der Waals surface area (Å²) in [5.74, 6) is 0.739. The molecule has 0 aromatic heterocycles. The van der Waals surface area contributed by atoms with Crippen molar-refractivity contribution < 1.29 is 29.8 Å². The molecule has 1 aromatic rings. The Hall–Kier alpha value is -0.713. The maximum atomic E-state index is 11.1. The van der Waals surface area contributed by atoms with Gasteiger partial charge in [0.05, 0.1) is 12.2 Å². The molecule has 0 aliphatic rings. The van der Waals surface area contributed by atoms with E-state index < -0.39 is 0 Å². The van der Waals surface area contributed by atoms with Crippen LogP contribution in [0.25, 0.3) is 0 Å². The molecule has 0 unspecified atom stereocenters. The van der Waals surface area contributed by atoms with E-state index in [2.05, 4.69) is 0 Å². The Morgan fingerprint density at radius 1 is 1.43 bits per heavy atom. The Bertz CT molecular complexity index is 302. The van der Waals surface area contributed by atoms with Crippen molar-refractivity contribution in [2.45, 2.75) is 20.3 Å². The zero-order valence-corrected chi connectivity index (χ0v) is 9.04. The summed E-state index contributed by atoms with van der Waals surface area (Å²) in [6, 6.07) is 7.33. The number of ether oxygens (including phenoxy) is 1. The van der Waals surface area contributed by atoms with Crippen molar-refractivity contribution in [1.82, 2.24) is 0 Å². The predicted octanol–water partition coefficient (Wildman–Crippen LogP) is -0.206. The van der Waals surface area contributed by atoms with Gasteiger partial charge in [0.15, 0.2) is 5.78 Å². The molecule has 0 amide bonds. The van der Waals surface area contributed by atoms with E-state index in [-0.39, 0.29) is 26.1 Å². The molecule has 3 heteroatoms. The first kappa shape index (κ1) is 13.3. The molecule has 0 radical (unpaired) electrons.